The van der Waals surface area contributed by atoms with E-state index in [-0.39, 0.29) is 16.2 Å². The zero-order chi connectivity index (χ0) is 16.7. The lowest BCUT2D eigenvalue weighted by Crippen LogP contribution is -2.19. The normalized spacial score (nSPS) is 12.5. The minimum Gasteiger partial charge on any atom is -0.277 e. The lowest BCUT2D eigenvalue weighted by molar-refractivity contribution is -0.140. The van der Waals surface area contributed by atoms with E-state index in [2.05, 4.69) is 10.1 Å². The Bertz CT molecular complexity index is 812. The quantitative estimate of drug-likeness (QED) is 0.934. The highest BCUT2D eigenvalue weighted by Crippen LogP contribution is 2.35. The Hall–Kier alpha value is -2.10. The van der Waals surface area contributed by atoms with Crippen molar-refractivity contribution in [3.63, 3.8) is 0 Å². The van der Waals surface area contributed by atoms with E-state index in [9.17, 15) is 21.6 Å². The van der Waals surface area contributed by atoms with Gasteiger partial charge in [-0.3, -0.25) is 9.40 Å². The molecule has 0 aliphatic rings. The maximum absolute atomic E-state index is 13.0. The van der Waals surface area contributed by atoms with Crippen molar-refractivity contribution < 1.29 is 21.6 Å². The number of anilines is 1. The summed E-state index contributed by atoms with van der Waals surface area (Å²) in [6, 6.07) is 1.29. The van der Waals surface area contributed by atoms with Crippen molar-refractivity contribution >= 4 is 15.7 Å². The predicted octanol–water partition coefficient (Wildman–Crippen LogP) is 2.25. The summed E-state index contributed by atoms with van der Waals surface area (Å²) in [6.07, 6.45) is -2.57. The number of hydrogen-bond acceptors (Lipinski definition) is 4. The van der Waals surface area contributed by atoms with Crippen LogP contribution >= 0.6 is 0 Å². The average molecular weight is 334 g/mol. The molecule has 0 fully saturated rings. The van der Waals surface area contributed by atoms with Crippen LogP contribution in [0, 0.1) is 13.8 Å². The van der Waals surface area contributed by atoms with Crippen molar-refractivity contribution in [2.45, 2.75) is 24.9 Å². The van der Waals surface area contributed by atoms with Crippen molar-refractivity contribution in [3.8, 4) is 0 Å². The van der Waals surface area contributed by atoms with Gasteiger partial charge in [0.15, 0.2) is 5.69 Å². The van der Waals surface area contributed by atoms with Gasteiger partial charge < -0.3 is 0 Å². The number of sulfonamides is 1. The first-order valence-corrected chi connectivity index (χ1v) is 7.56. The standard InChI is InChI=1S/C12H13F3N4O2S/c1-7-4-5-16-11(12(13,14)15)10(7)18-22(20,21)9-6-19(3)17-8(9)2/h4-6,18H,1-3H3. The summed E-state index contributed by atoms with van der Waals surface area (Å²) in [5, 5.41) is 3.87. The highest BCUT2D eigenvalue weighted by Gasteiger charge is 2.37. The molecule has 2 rings (SSSR count). The van der Waals surface area contributed by atoms with Gasteiger partial charge in [-0.1, -0.05) is 0 Å². The molecule has 2 aromatic heterocycles. The number of nitrogens with zero attached hydrogens (tertiary/aromatic N) is 3. The molecule has 0 amide bonds. The molecule has 1 N–H and O–H groups in total. The Morgan fingerprint density at radius 1 is 1.27 bits per heavy atom. The van der Waals surface area contributed by atoms with E-state index >= 15 is 0 Å². The Morgan fingerprint density at radius 2 is 1.91 bits per heavy atom. The van der Waals surface area contributed by atoms with Crippen LogP contribution in [0.5, 0.6) is 0 Å². The van der Waals surface area contributed by atoms with E-state index in [1.54, 1.807) is 0 Å². The van der Waals surface area contributed by atoms with E-state index in [1.807, 2.05) is 4.72 Å². The summed E-state index contributed by atoms with van der Waals surface area (Å²) in [7, 11) is -2.69. The number of nitrogens with one attached hydrogen (secondary N) is 1. The molecule has 0 radical (unpaired) electrons. The van der Waals surface area contributed by atoms with Gasteiger partial charge in [-0.2, -0.15) is 18.3 Å². The van der Waals surface area contributed by atoms with Crippen LogP contribution in [0.3, 0.4) is 0 Å². The van der Waals surface area contributed by atoms with Crippen molar-refractivity contribution in [1.29, 1.82) is 0 Å². The third kappa shape index (κ3) is 3.06. The van der Waals surface area contributed by atoms with Crippen LogP contribution in [-0.4, -0.2) is 23.2 Å². The molecule has 0 aliphatic carbocycles. The van der Waals surface area contributed by atoms with Gasteiger partial charge in [-0.15, -0.1) is 0 Å². The second-order valence-corrected chi connectivity index (χ2v) is 6.36. The van der Waals surface area contributed by atoms with Gasteiger partial charge in [0, 0.05) is 19.4 Å². The molecule has 0 aromatic carbocycles. The molecule has 22 heavy (non-hydrogen) atoms. The van der Waals surface area contributed by atoms with Crippen molar-refractivity contribution in [2.24, 2.45) is 7.05 Å². The summed E-state index contributed by atoms with van der Waals surface area (Å²) in [6.45, 7) is 2.82. The molecule has 2 heterocycles. The maximum atomic E-state index is 13.0. The van der Waals surface area contributed by atoms with E-state index in [4.69, 9.17) is 0 Å². The highest BCUT2D eigenvalue weighted by atomic mass is 32.2. The maximum Gasteiger partial charge on any atom is 0.435 e. The van der Waals surface area contributed by atoms with Crippen LogP contribution in [-0.2, 0) is 23.2 Å². The Morgan fingerprint density at radius 3 is 2.41 bits per heavy atom. The number of aromatic nitrogens is 3. The topological polar surface area (TPSA) is 76.9 Å². The second-order valence-electron chi connectivity index (χ2n) is 4.71. The Balaban J connectivity index is 2.54. The van der Waals surface area contributed by atoms with Gasteiger partial charge in [0.05, 0.1) is 11.4 Å². The molecular weight excluding hydrogens is 321 g/mol. The summed E-state index contributed by atoms with van der Waals surface area (Å²) < 4.78 is 66.8. The molecule has 0 saturated carbocycles. The average Bonchev–Trinajstić information content (AvgIpc) is 2.70. The van der Waals surface area contributed by atoms with Gasteiger partial charge in [0.1, 0.15) is 4.90 Å². The molecule has 10 heteroatoms. The van der Waals surface area contributed by atoms with Crippen molar-refractivity contribution in [3.05, 3.63) is 35.4 Å². The molecule has 0 aliphatic heterocycles. The lowest BCUT2D eigenvalue weighted by atomic mass is 10.2. The van der Waals surface area contributed by atoms with Gasteiger partial charge in [-0.25, -0.2) is 13.4 Å². The number of alkyl halides is 3. The molecule has 120 valence electrons. The zero-order valence-corrected chi connectivity index (χ0v) is 12.7. The minimum absolute atomic E-state index is 0.118. The summed E-state index contributed by atoms with van der Waals surface area (Å²) in [4.78, 5) is 3.05. The van der Waals surface area contributed by atoms with Gasteiger partial charge in [0.25, 0.3) is 10.0 Å². The fourth-order valence-electron chi connectivity index (χ4n) is 1.93. The smallest absolute Gasteiger partial charge is 0.277 e. The molecule has 0 atom stereocenters. The van der Waals surface area contributed by atoms with Crippen LogP contribution in [0.2, 0.25) is 0 Å². The fourth-order valence-corrected chi connectivity index (χ4v) is 3.29. The van der Waals surface area contributed by atoms with Gasteiger partial charge >= 0.3 is 6.18 Å². The van der Waals surface area contributed by atoms with Crippen molar-refractivity contribution in [1.82, 2.24) is 14.8 Å². The number of halogens is 3. The third-order valence-corrected chi connectivity index (χ3v) is 4.37. The first-order valence-electron chi connectivity index (χ1n) is 6.08. The SMILES string of the molecule is Cc1ccnc(C(F)(F)F)c1NS(=O)(=O)c1cn(C)nc1C. The number of pyridine rings is 1. The first kappa shape index (κ1) is 16.3. The molecule has 6 nitrogen and oxygen atoms in total. The number of rotatable bonds is 3. The monoisotopic (exact) mass is 334 g/mol. The molecule has 0 saturated heterocycles. The van der Waals surface area contributed by atoms with E-state index in [0.717, 1.165) is 6.20 Å². The molecular formula is C12H13F3N4O2S. The molecule has 0 bridgehead atoms. The van der Waals surface area contributed by atoms with Crippen LogP contribution in [0.1, 0.15) is 17.0 Å². The van der Waals surface area contributed by atoms with Crippen LogP contribution in [0.15, 0.2) is 23.4 Å². The van der Waals surface area contributed by atoms with Gasteiger partial charge in [0.2, 0.25) is 0 Å². The largest absolute Gasteiger partial charge is 0.435 e. The summed E-state index contributed by atoms with van der Waals surface area (Å²) >= 11 is 0. The molecule has 2 aromatic rings. The number of aryl methyl sites for hydroxylation is 3. The number of hydrogen-bond donors (Lipinski definition) is 1. The van der Waals surface area contributed by atoms with E-state index in [0.29, 0.717) is 0 Å². The first-order chi connectivity index (χ1) is 10.0. The molecule has 0 unspecified atom stereocenters. The molecule has 0 spiro atoms. The Kier molecular flexibility index (Phi) is 3.90. The predicted molar refractivity (Wildman–Crippen MR) is 72.7 cm³/mol. The Labute approximate surface area is 125 Å². The van der Waals surface area contributed by atoms with Crippen LogP contribution in [0.4, 0.5) is 18.9 Å². The lowest BCUT2D eigenvalue weighted by Gasteiger charge is -2.15. The fraction of sp³-hybridized carbons (Fsp3) is 0.333. The van der Waals surface area contributed by atoms with E-state index < -0.39 is 27.6 Å². The third-order valence-electron chi connectivity index (χ3n) is 2.92. The van der Waals surface area contributed by atoms with E-state index in [1.165, 1.54) is 37.8 Å². The summed E-state index contributed by atoms with van der Waals surface area (Å²) in [5.74, 6) is 0. The van der Waals surface area contributed by atoms with Crippen LogP contribution in [0.25, 0.3) is 0 Å². The highest BCUT2D eigenvalue weighted by molar-refractivity contribution is 7.92. The minimum atomic E-state index is -4.77. The second kappa shape index (κ2) is 5.27. The van der Waals surface area contributed by atoms with Gasteiger partial charge in [-0.05, 0) is 25.5 Å². The van der Waals surface area contributed by atoms with Crippen molar-refractivity contribution in [2.75, 3.05) is 4.72 Å². The van der Waals surface area contributed by atoms with Crippen LogP contribution < -0.4 is 4.72 Å². The summed E-state index contributed by atoms with van der Waals surface area (Å²) in [5.41, 5.74) is -1.56. The zero-order valence-electron chi connectivity index (χ0n) is 11.9.